The average molecular weight is 214 g/mol. The van der Waals surface area contributed by atoms with E-state index in [9.17, 15) is 0 Å². The van der Waals surface area contributed by atoms with Crippen molar-refractivity contribution < 1.29 is 4.74 Å². The van der Waals surface area contributed by atoms with Crippen molar-refractivity contribution in [3.8, 4) is 0 Å². The Morgan fingerprint density at radius 2 is 2.12 bits per heavy atom. The van der Waals surface area contributed by atoms with Gasteiger partial charge in [0.2, 0.25) is 0 Å². The Balaban J connectivity index is 2.04. The Hall–Kier alpha value is -1.34. The fraction of sp³-hybridized carbons (Fsp3) is 0.333. The van der Waals surface area contributed by atoms with Crippen LogP contribution >= 0.6 is 0 Å². The van der Waals surface area contributed by atoms with Crippen LogP contribution in [0.3, 0.4) is 0 Å². The third-order valence-corrected chi connectivity index (χ3v) is 3.08. The Morgan fingerprint density at radius 1 is 1.38 bits per heavy atom. The molecular weight excluding hydrogens is 196 g/mol. The zero-order valence-electron chi connectivity index (χ0n) is 9.73. The third-order valence-electron chi connectivity index (χ3n) is 3.08. The highest BCUT2D eigenvalue weighted by molar-refractivity contribution is 5.30. The molecule has 0 N–H and O–H groups in total. The molecule has 84 valence electrons. The van der Waals surface area contributed by atoms with Crippen LogP contribution in [0.1, 0.15) is 24.8 Å². The summed E-state index contributed by atoms with van der Waals surface area (Å²) >= 11 is 0. The van der Waals surface area contributed by atoms with Crippen molar-refractivity contribution in [2.45, 2.75) is 25.4 Å². The summed E-state index contributed by atoms with van der Waals surface area (Å²) in [7, 11) is 0. The zero-order valence-corrected chi connectivity index (χ0v) is 9.73. The second-order valence-electron chi connectivity index (χ2n) is 4.27. The van der Waals surface area contributed by atoms with E-state index in [1.54, 1.807) is 0 Å². The minimum atomic E-state index is 0.267. The van der Waals surface area contributed by atoms with Crippen molar-refractivity contribution in [2.24, 2.45) is 0 Å². The molecule has 0 spiro atoms. The molecule has 2 unspecified atom stereocenters. The summed E-state index contributed by atoms with van der Waals surface area (Å²) in [5.74, 6) is 0.510. The fourth-order valence-corrected chi connectivity index (χ4v) is 2.23. The molecule has 0 bridgehead atoms. The molecule has 1 aliphatic carbocycles. The van der Waals surface area contributed by atoms with Crippen molar-refractivity contribution in [1.82, 2.24) is 0 Å². The summed E-state index contributed by atoms with van der Waals surface area (Å²) in [5.41, 5.74) is 2.72. The van der Waals surface area contributed by atoms with E-state index in [0.717, 1.165) is 6.42 Å². The van der Waals surface area contributed by atoms with Gasteiger partial charge in [0.1, 0.15) is 0 Å². The van der Waals surface area contributed by atoms with Crippen molar-refractivity contribution in [3.63, 3.8) is 0 Å². The average Bonchev–Trinajstić information content (AvgIpc) is 2.69. The lowest BCUT2D eigenvalue weighted by atomic mass is 9.98. The summed E-state index contributed by atoms with van der Waals surface area (Å²) in [6, 6.07) is 10.6. The highest BCUT2D eigenvalue weighted by Crippen LogP contribution is 2.34. The maximum Gasteiger partial charge on any atom is 0.0795 e. The monoisotopic (exact) mass is 214 g/mol. The molecule has 2 atom stereocenters. The third kappa shape index (κ3) is 2.42. The smallest absolute Gasteiger partial charge is 0.0795 e. The highest BCUT2D eigenvalue weighted by Gasteiger charge is 2.24. The standard InChI is InChI=1S/C15H18O/c1-3-9-16-15-11-14(10-12(15)2)13-7-5-4-6-8-13/h3-8,10,14-15H,1,9,11H2,2H3. The Morgan fingerprint density at radius 3 is 2.81 bits per heavy atom. The van der Waals surface area contributed by atoms with Crippen LogP contribution in [0.2, 0.25) is 0 Å². The van der Waals surface area contributed by atoms with Crippen molar-refractivity contribution >= 4 is 0 Å². The molecule has 1 aromatic rings. The van der Waals surface area contributed by atoms with E-state index in [2.05, 4.69) is 49.9 Å². The van der Waals surface area contributed by atoms with Gasteiger partial charge >= 0.3 is 0 Å². The topological polar surface area (TPSA) is 9.23 Å². The Bertz CT molecular complexity index is 378. The van der Waals surface area contributed by atoms with Crippen molar-refractivity contribution in [3.05, 3.63) is 60.2 Å². The molecule has 0 aliphatic heterocycles. The van der Waals surface area contributed by atoms with Crippen LogP contribution in [-0.4, -0.2) is 12.7 Å². The van der Waals surface area contributed by atoms with Gasteiger partial charge < -0.3 is 4.74 Å². The maximum atomic E-state index is 5.73. The molecule has 1 aromatic carbocycles. The Labute approximate surface area is 97.4 Å². The van der Waals surface area contributed by atoms with E-state index < -0.39 is 0 Å². The quantitative estimate of drug-likeness (QED) is 0.694. The first-order valence-electron chi connectivity index (χ1n) is 5.77. The summed E-state index contributed by atoms with van der Waals surface area (Å²) < 4.78 is 5.73. The van der Waals surface area contributed by atoms with Gasteiger partial charge in [-0.1, -0.05) is 42.5 Å². The molecule has 0 heterocycles. The molecule has 1 heteroatoms. The number of hydrogen-bond acceptors (Lipinski definition) is 1. The van der Waals surface area contributed by atoms with Crippen molar-refractivity contribution in [1.29, 1.82) is 0 Å². The summed E-state index contributed by atoms with van der Waals surface area (Å²) in [4.78, 5) is 0. The molecule has 0 saturated carbocycles. The minimum Gasteiger partial charge on any atom is -0.370 e. The largest absolute Gasteiger partial charge is 0.370 e. The summed E-state index contributed by atoms with van der Waals surface area (Å²) in [5, 5.41) is 0. The minimum absolute atomic E-state index is 0.267. The van der Waals surface area contributed by atoms with Gasteiger partial charge in [-0.2, -0.15) is 0 Å². The normalized spacial score (nSPS) is 24.2. The van der Waals surface area contributed by atoms with Crippen LogP contribution in [0, 0.1) is 0 Å². The summed E-state index contributed by atoms with van der Waals surface area (Å²) in [6.07, 6.45) is 5.46. The number of ether oxygens (including phenoxy) is 1. The van der Waals surface area contributed by atoms with Gasteiger partial charge in [0, 0.05) is 5.92 Å². The van der Waals surface area contributed by atoms with E-state index in [1.165, 1.54) is 11.1 Å². The lowest BCUT2D eigenvalue weighted by Gasteiger charge is -2.14. The van der Waals surface area contributed by atoms with Crippen LogP contribution in [0.25, 0.3) is 0 Å². The fourth-order valence-electron chi connectivity index (χ4n) is 2.23. The number of rotatable bonds is 4. The second-order valence-corrected chi connectivity index (χ2v) is 4.27. The molecule has 0 amide bonds. The predicted octanol–water partition coefficient (Wildman–Crippen LogP) is 3.69. The van der Waals surface area contributed by atoms with Crippen LogP contribution in [0.5, 0.6) is 0 Å². The first-order chi connectivity index (χ1) is 7.81. The molecule has 1 aliphatic rings. The van der Waals surface area contributed by atoms with E-state index in [1.807, 2.05) is 6.08 Å². The number of allylic oxidation sites excluding steroid dienone is 1. The predicted molar refractivity (Wildman–Crippen MR) is 67.5 cm³/mol. The van der Waals surface area contributed by atoms with Crippen LogP contribution in [0.15, 0.2) is 54.6 Å². The Kier molecular flexibility index (Phi) is 3.58. The van der Waals surface area contributed by atoms with E-state index in [0.29, 0.717) is 12.5 Å². The second kappa shape index (κ2) is 5.13. The lowest BCUT2D eigenvalue weighted by molar-refractivity contribution is 0.0992. The van der Waals surface area contributed by atoms with Gasteiger partial charge in [0.05, 0.1) is 12.7 Å². The van der Waals surface area contributed by atoms with Gasteiger partial charge in [0.15, 0.2) is 0 Å². The van der Waals surface area contributed by atoms with Gasteiger partial charge in [-0.05, 0) is 24.5 Å². The van der Waals surface area contributed by atoms with E-state index in [-0.39, 0.29) is 6.10 Å². The molecule has 1 nitrogen and oxygen atoms in total. The molecule has 0 radical (unpaired) electrons. The van der Waals surface area contributed by atoms with E-state index in [4.69, 9.17) is 4.74 Å². The molecule has 0 aromatic heterocycles. The van der Waals surface area contributed by atoms with Crippen LogP contribution < -0.4 is 0 Å². The number of hydrogen-bond donors (Lipinski definition) is 0. The zero-order chi connectivity index (χ0) is 11.4. The van der Waals surface area contributed by atoms with Gasteiger partial charge in [-0.25, -0.2) is 0 Å². The van der Waals surface area contributed by atoms with Gasteiger partial charge in [0.25, 0.3) is 0 Å². The molecule has 0 fully saturated rings. The number of benzene rings is 1. The first-order valence-corrected chi connectivity index (χ1v) is 5.77. The van der Waals surface area contributed by atoms with Crippen LogP contribution in [0.4, 0.5) is 0 Å². The first kappa shape index (κ1) is 11.2. The summed E-state index contributed by atoms with van der Waals surface area (Å²) in [6.45, 7) is 6.47. The molecule has 0 saturated heterocycles. The van der Waals surface area contributed by atoms with Crippen LogP contribution in [-0.2, 0) is 4.74 Å². The molecular formula is C15H18O. The maximum absolute atomic E-state index is 5.73. The van der Waals surface area contributed by atoms with E-state index >= 15 is 0 Å². The van der Waals surface area contributed by atoms with Gasteiger partial charge in [-0.15, -0.1) is 6.58 Å². The van der Waals surface area contributed by atoms with Crippen molar-refractivity contribution in [2.75, 3.05) is 6.61 Å². The van der Waals surface area contributed by atoms with Gasteiger partial charge in [-0.3, -0.25) is 0 Å². The SMILES string of the molecule is C=CCOC1CC(c2ccccc2)C=C1C. The molecule has 2 rings (SSSR count). The molecule has 16 heavy (non-hydrogen) atoms. The lowest BCUT2D eigenvalue weighted by Crippen LogP contribution is -2.11. The highest BCUT2D eigenvalue weighted by atomic mass is 16.5.